The van der Waals surface area contributed by atoms with Crippen LogP contribution in [0.5, 0.6) is 0 Å². The van der Waals surface area contributed by atoms with E-state index in [-0.39, 0.29) is 25.2 Å². The Hall–Kier alpha value is -1.40. The number of hydrogen-bond donors (Lipinski definition) is 1. The third-order valence-corrected chi connectivity index (χ3v) is 3.34. The second-order valence-corrected chi connectivity index (χ2v) is 4.63. The van der Waals surface area contributed by atoms with Crippen molar-refractivity contribution in [1.29, 1.82) is 0 Å². The lowest BCUT2D eigenvalue weighted by Gasteiger charge is -2.26. The summed E-state index contributed by atoms with van der Waals surface area (Å²) < 4.78 is 10.7. The van der Waals surface area contributed by atoms with Crippen LogP contribution in [0.15, 0.2) is 16.5 Å². The normalized spacial score (nSPS) is 24.1. The topological polar surface area (TPSA) is 85.7 Å². The van der Waals surface area contributed by atoms with E-state index in [9.17, 15) is 10.1 Å². The number of ether oxygens (including phenoxy) is 1. The number of furan rings is 1. The molecule has 100 valence electrons. The van der Waals surface area contributed by atoms with Crippen LogP contribution in [0.25, 0.3) is 0 Å². The van der Waals surface area contributed by atoms with Crippen LogP contribution in [0.4, 0.5) is 5.88 Å². The molecule has 0 radical (unpaired) electrons. The van der Waals surface area contributed by atoms with Crippen molar-refractivity contribution in [2.45, 2.75) is 38.4 Å². The van der Waals surface area contributed by atoms with E-state index in [2.05, 4.69) is 0 Å². The van der Waals surface area contributed by atoms with Crippen LogP contribution < -0.4 is 0 Å². The van der Waals surface area contributed by atoms with Gasteiger partial charge in [0, 0.05) is 6.61 Å². The SMILES string of the molecule is O=[N+]([O-])c1ccc(COC2CCC(CO)CC2)o1. The van der Waals surface area contributed by atoms with E-state index in [1.165, 1.54) is 6.07 Å². The number of hydrogen-bond acceptors (Lipinski definition) is 5. The van der Waals surface area contributed by atoms with Crippen LogP contribution in [-0.2, 0) is 11.3 Å². The largest absolute Gasteiger partial charge is 0.433 e. The molecule has 1 aromatic heterocycles. The van der Waals surface area contributed by atoms with E-state index < -0.39 is 4.92 Å². The number of aliphatic hydroxyl groups is 1. The van der Waals surface area contributed by atoms with Gasteiger partial charge in [0.15, 0.2) is 0 Å². The maximum absolute atomic E-state index is 10.4. The molecule has 2 rings (SSSR count). The Balaban J connectivity index is 1.76. The van der Waals surface area contributed by atoms with Gasteiger partial charge in [-0.15, -0.1) is 0 Å². The number of rotatable bonds is 5. The minimum Gasteiger partial charge on any atom is -0.403 e. The molecule has 0 amide bonds. The number of nitro groups is 1. The zero-order chi connectivity index (χ0) is 13.0. The Morgan fingerprint density at radius 2 is 2.11 bits per heavy atom. The Morgan fingerprint density at radius 3 is 2.67 bits per heavy atom. The molecule has 0 spiro atoms. The summed E-state index contributed by atoms with van der Waals surface area (Å²) >= 11 is 0. The highest BCUT2D eigenvalue weighted by Gasteiger charge is 2.21. The fourth-order valence-electron chi connectivity index (χ4n) is 2.22. The second-order valence-electron chi connectivity index (χ2n) is 4.63. The van der Waals surface area contributed by atoms with Crippen LogP contribution in [-0.4, -0.2) is 22.7 Å². The van der Waals surface area contributed by atoms with Crippen molar-refractivity contribution in [3.8, 4) is 0 Å². The van der Waals surface area contributed by atoms with Crippen molar-refractivity contribution in [2.24, 2.45) is 5.92 Å². The van der Waals surface area contributed by atoms with Gasteiger partial charge in [-0.3, -0.25) is 10.1 Å². The lowest BCUT2D eigenvalue weighted by molar-refractivity contribution is -0.402. The molecule has 0 bridgehead atoms. The molecule has 6 heteroatoms. The maximum atomic E-state index is 10.4. The molecule has 0 atom stereocenters. The van der Waals surface area contributed by atoms with E-state index in [0.717, 1.165) is 25.7 Å². The molecule has 0 aliphatic heterocycles. The van der Waals surface area contributed by atoms with Crippen molar-refractivity contribution in [3.05, 3.63) is 28.0 Å². The quantitative estimate of drug-likeness (QED) is 0.644. The molecule has 0 unspecified atom stereocenters. The van der Waals surface area contributed by atoms with Crippen molar-refractivity contribution in [3.63, 3.8) is 0 Å². The highest BCUT2D eigenvalue weighted by molar-refractivity contribution is 5.17. The third kappa shape index (κ3) is 3.30. The number of aliphatic hydroxyl groups excluding tert-OH is 1. The summed E-state index contributed by atoms with van der Waals surface area (Å²) in [6.45, 7) is 0.513. The number of nitrogens with zero attached hydrogens (tertiary/aromatic N) is 1. The second kappa shape index (κ2) is 5.97. The van der Waals surface area contributed by atoms with E-state index in [4.69, 9.17) is 14.3 Å². The zero-order valence-corrected chi connectivity index (χ0v) is 10.1. The zero-order valence-electron chi connectivity index (χ0n) is 10.1. The van der Waals surface area contributed by atoms with Gasteiger partial charge >= 0.3 is 5.88 Å². The Kier molecular flexibility index (Phi) is 4.33. The van der Waals surface area contributed by atoms with Gasteiger partial charge in [-0.1, -0.05) is 0 Å². The Labute approximate surface area is 105 Å². The van der Waals surface area contributed by atoms with Crippen LogP contribution in [0.2, 0.25) is 0 Å². The Bertz CT molecular complexity index is 395. The molecule has 1 saturated carbocycles. The van der Waals surface area contributed by atoms with Crippen molar-refractivity contribution < 1.29 is 19.2 Å². The molecule has 1 aromatic rings. The average Bonchev–Trinajstić information content (AvgIpc) is 2.86. The molecule has 6 nitrogen and oxygen atoms in total. The van der Waals surface area contributed by atoms with Gasteiger partial charge in [-0.25, -0.2) is 0 Å². The van der Waals surface area contributed by atoms with Crippen molar-refractivity contribution >= 4 is 5.88 Å². The summed E-state index contributed by atoms with van der Waals surface area (Å²) in [6.07, 6.45) is 3.96. The summed E-state index contributed by atoms with van der Waals surface area (Å²) in [5.41, 5.74) is 0. The summed E-state index contributed by atoms with van der Waals surface area (Å²) in [4.78, 5) is 9.88. The molecular formula is C12H17NO5. The van der Waals surface area contributed by atoms with Crippen LogP contribution in [0.1, 0.15) is 31.4 Å². The van der Waals surface area contributed by atoms with Crippen molar-refractivity contribution in [1.82, 2.24) is 0 Å². The molecular weight excluding hydrogens is 238 g/mol. The molecule has 1 N–H and O–H groups in total. The third-order valence-electron chi connectivity index (χ3n) is 3.34. The van der Waals surface area contributed by atoms with E-state index in [1.807, 2.05) is 0 Å². The monoisotopic (exact) mass is 255 g/mol. The first-order valence-corrected chi connectivity index (χ1v) is 6.14. The lowest BCUT2D eigenvalue weighted by atomic mass is 9.88. The van der Waals surface area contributed by atoms with Gasteiger partial charge in [-0.2, -0.15) is 0 Å². The molecule has 1 aliphatic carbocycles. The van der Waals surface area contributed by atoms with Crippen LogP contribution in [0, 0.1) is 16.0 Å². The molecule has 0 saturated heterocycles. The van der Waals surface area contributed by atoms with E-state index in [0.29, 0.717) is 11.7 Å². The summed E-state index contributed by atoms with van der Waals surface area (Å²) in [6, 6.07) is 2.90. The smallest absolute Gasteiger partial charge is 0.403 e. The summed E-state index contributed by atoms with van der Waals surface area (Å²) in [5, 5.41) is 19.5. The highest BCUT2D eigenvalue weighted by atomic mass is 16.6. The lowest BCUT2D eigenvalue weighted by Crippen LogP contribution is -2.23. The average molecular weight is 255 g/mol. The van der Waals surface area contributed by atoms with Crippen LogP contribution >= 0.6 is 0 Å². The predicted octanol–water partition coefficient (Wildman–Crippen LogP) is 2.26. The van der Waals surface area contributed by atoms with Gasteiger partial charge < -0.3 is 14.3 Å². The van der Waals surface area contributed by atoms with E-state index in [1.54, 1.807) is 6.07 Å². The standard InChI is InChI=1S/C12H17NO5/c14-7-9-1-3-10(4-2-9)17-8-11-5-6-12(18-11)13(15)16/h5-6,9-10,14H,1-4,7-8H2. The van der Waals surface area contributed by atoms with Gasteiger partial charge in [0.2, 0.25) is 0 Å². The molecule has 1 fully saturated rings. The fraction of sp³-hybridized carbons (Fsp3) is 0.667. The van der Waals surface area contributed by atoms with Crippen LogP contribution in [0.3, 0.4) is 0 Å². The van der Waals surface area contributed by atoms with Gasteiger partial charge in [0.25, 0.3) is 0 Å². The van der Waals surface area contributed by atoms with Gasteiger partial charge in [0.05, 0.1) is 12.2 Å². The first kappa shape index (κ1) is 13.0. The fourth-order valence-corrected chi connectivity index (χ4v) is 2.22. The minimum absolute atomic E-state index is 0.164. The Morgan fingerprint density at radius 1 is 1.39 bits per heavy atom. The first-order chi connectivity index (χ1) is 8.69. The highest BCUT2D eigenvalue weighted by Crippen LogP contribution is 2.26. The first-order valence-electron chi connectivity index (χ1n) is 6.14. The maximum Gasteiger partial charge on any atom is 0.433 e. The van der Waals surface area contributed by atoms with Crippen molar-refractivity contribution in [2.75, 3.05) is 6.61 Å². The molecule has 18 heavy (non-hydrogen) atoms. The predicted molar refractivity (Wildman–Crippen MR) is 63.0 cm³/mol. The molecule has 0 aromatic carbocycles. The minimum atomic E-state index is -0.560. The molecule has 1 aliphatic rings. The summed E-state index contributed by atoms with van der Waals surface area (Å²) in [5.74, 6) is 0.623. The van der Waals surface area contributed by atoms with Gasteiger partial charge in [-0.05, 0) is 37.7 Å². The van der Waals surface area contributed by atoms with Gasteiger partial charge in [0.1, 0.15) is 17.3 Å². The molecule has 1 heterocycles. The van der Waals surface area contributed by atoms with E-state index >= 15 is 0 Å². The summed E-state index contributed by atoms with van der Waals surface area (Å²) in [7, 11) is 0.